The molecule has 3 rings (SSSR count). The Hall–Kier alpha value is -0.460. The summed E-state index contributed by atoms with van der Waals surface area (Å²) < 4.78 is 0. The van der Waals surface area contributed by atoms with Gasteiger partial charge < -0.3 is 15.5 Å². The van der Waals surface area contributed by atoms with Crippen molar-refractivity contribution in [2.24, 2.45) is 5.73 Å². The summed E-state index contributed by atoms with van der Waals surface area (Å²) in [4.78, 5) is 28.0. The summed E-state index contributed by atoms with van der Waals surface area (Å²) in [5.74, 6) is 0.950. The molecule has 3 aliphatic heterocycles. The summed E-state index contributed by atoms with van der Waals surface area (Å²) in [5, 5.41) is 0. The predicted molar refractivity (Wildman–Crippen MR) is 77.2 cm³/mol. The van der Waals surface area contributed by atoms with E-state index in [-0.39, 0.29) is 41.2 Å². The summed E-state index contributed by atoms with van der Waals surface area (Å²) in [6.45, 7) is 3.45. The maximum atomic E-state index is 12.5. The van der Waals surface area contributed by atoms with Gasteiger partial charge >= 0.3 is 0 Å². The average molecular weight is 306 g/mol. The number of halogens is 1. The van der Waals surface area contributed by atoms with Crippen LogP contribution < -0.4 is 5.73 Å². The zero-order valence-corrected chi connectivity index (χ0v) is 12.6. The molecule has 108 valence electrons. The number of thioether (sulfide) groups is 1. The van der Waals surface area contributed by atoms with Gasteiger partial charge in [0.15, 0.2) is 0 Å². The fraction of sp³-hybridized carbons (Fsp3) is 0.833. The fourth-order valence-corrected chi connectivity index (χ4v) is 4.62. The highest BCUT2D eigenvalue weighted by atomic mass is 35.5. The monoisotopic (exact) mass is 305 g/mol. The van der Waals surface area contributed by atoms with E-state index >= 15 is 0 Å². The molecule has 0 saturated carbocycles. The topological polar surface area (TPSA) is 66.6 Å². The van der Waals surface area contributed by atoms with Crippen molar-refractivity contribution >= 4 is 36.0 Å². The van der Waals surface area contributed by atoms with E-state index in [1.54, 1.807) is 11.8 Å². The van der Waals surface area contributed by atoms with Crippen molar-refractivity contribution in [1.82, 2.24) is 9.80 Å². The molecule has 0 bridgehead atoms. The van der Waals surface area contributed by atoms with Gasteiger partial charge in [-0.15, -0.1) is 24.2 Å². The van der Waals surface area contributed by atoms with Crippen LogP contribution in [-0.2, 0) is 9.59 Å². The SMILES string of the molecule is CC12CCC(=O)N1C(C(=O)N1CC[C@@H](N)C1)CS2.Cl. The molecule has 2 amide bonds. The minimum absolute atomic E-state index is 0. The van der Waals surface area contributed by atoms with E-state index in [4.69, 9.17) is 5.73 Å². The molecule has 0 aromatic heterocycles. The smallest absolute Gasteiger partial charge is 0.246 e. The van der Waals surface area contributed by atoms with Gasteiger partial charge in [-0.25, -0.2) is 0 Å². The van der Waals surface area contributed by atoms with E-state index in [1.165, 1.54) is 0 Å². The first-order chi connectivity index (χ1) is 8.51. The van der Waals surface area contributed by atoms with Gasteiger partial charge in [0.1, 0.15) is 6.04 Å². The fourth-order valence-electron chi connectivity index (χ4n) is 3.20. The first-order valence-electron chi connectivity index (χ1n) is 6.52. The highest BCUT2D eigenvalue weighted by Crippen LogP contribution is 2.47. The van der Waals surface area contributed by atoms with Crippen LogP contribution in [0.5, 0.6) is 0 Å². The molecule has 7 heteroatoms. The zero-order valence-electron chi connectivity index (χ0n) is 11.0. The first-order valence-corrected chi connectivity index (χ1v) is 7.50. The van der Waals surface area contributed by atoms with Gasteiger partial charge in [0.05, 0.1) is 4.87 Å². The van der Waals surface area contributed by atoms with Crippen LogP contribution in [0.4, 0.5) is 0 Å². The number of carbonyl (C=O) groups excluding carboxylic acids is 2. The molecule has 0 spiro atoms. The normalized spacial score (nSPS) is 37.5. The predicted octanol–water partition coefficient (Wildman–Crippen LogP) is 0.422. The maximum Gasteiger partial charge on any atom is 0.246 e. The van der Waals surface area contributed by atoms with Crippen LogP contribution in [-0.4, -0.2) is 57.4 Å². The third-order valence-electron chi connectivity index (χ3n) is 4.27. The molecule has 0 aromatic carbocycles. The number of hydrogen-bond acceptors (Lipinski definition) is 4. The lowest BCUT2D eigenvalue weighted by Crippen LogP contribution is -2.51. The van der Waals surface area contributed by atoms with Crippen molar-refractivity contribution in [3.8, 4) is 0 Å². The van der Waals surface area contributed by atoms with Gasteiger partial charge in [0.2, 0.25) is 11.8 Å². The van der Waals surface area contributed by atoms with E-state index < -0.39 is 0 Å². The van der Waals surface area contributed by atoms with Gasteiger partial charge in [0.25, 0.3) is 0 Å². The second kappa shape index (κ2) is 5.14. The number of rotatable bonds is 1. The Balaban J connectivity index is 0.00000133. The average Bonchev–Trinajstić information content (AvgIpc) is 2.96. The highest BCUT2D eigenvalue weighted by molar-refractivity contribution is 8.01. The zero-order chi connectivity index (χ0) is 12.9. The Morgan fingerprint density at radius 1 is 1.53 bits per heavy atom. The molecule has 3 fully saturated rings. The summed E-state index contributed by atoms with van der Waals surface area (Å²) in [6, 6.07) is -0.163. The van der Waals surface area contributed by atoms with Crippen molar-refractivity contribution in [3.05, 3.63) is 0 Å². The second-order valence-electron chi connectivity index (χ2n) is 5.60. The number of likely N-dealkylation sites (tertiary alicyclic amines) is 1. The van der Waals surface area contributed by atoms with E-state index in [0.717, 1.165) is 25.1 Å². The van der Waals surface area contributed by atoms with Gasteiger partial charge in [-0.2, -0.15) is 0 Å². The van der Waals surface area contributed by atoms with Crippen molar-refractivity contribution in [2.45, 2.75) is 43.1 Å². The third kappa shape index (κ3) is 2.34. The molecule has 19 heavy (non-hydrogen) atoms. The van der Waals surface area contributed by atoms with Crippen LogP contribution in [0.2, 0.25) is 0 Å². The first kappa shape index (κ1) is 14.9. The number of nitrogens with two attached hydrogens (primary N) is 1. The van der Waals surface area contributed by atoms with E-state index in [2.05, 4.69) is 6.92 Å². The largest absolute Gasteiger partial charge is 0.339 e. The summed E-state index contributed by atoms with van der Waals surface area (Å²) in [7, 11) is 0. The standard InChI is InChI=1S/C12H19N3O2S.ClH/c1-12-4-2-10(16)15(12)9(7-18-12)11(17)14-5-3-8(13)6-14;/h8-9H,2-7,13H2,1H3;1H/t8-,9?,12?;/m1./s1. The molecule has 3 aliphatic rings. The van der Waals surface area contributed by atoms with Crippen molar-refractivity contribution < 1.29 is 9.59 Å². The Morgan fingerprint density at radius 2 is 2.26 bits per heavy atom. The Bertz CT molecular complexity index is 408. The molecular weight excluding hydrogens is 286 g/mol. The lowest BCUT2D eigenvalue weighted by Gasteiger charge is -2.31. The molecule has 3 heterocycles. The number of fused-ring (bicyclic) bond motifs is 1. The van der Waals surface area contributed by atoms with Crippen LogP contribution in [0.15, 0.2) is 0 Å². The van der Waals surface area contributed by atoms with Crippen molar-refractivity contribution in [3.63, 3.8) is 0 Å². The summed E-state index contributed by atoms with van der Waals surface area (Å²) in [5.41, 5.74) is 5.84. The lowest BCUT2D eigenvalue weighted by atomic mass is 10.2. The molecule has 2 unspecified atom stereocenters. The molecule has 0 radical (unpaired) electrons. The van der Waals surface area contributed by atoms with Gasteiger partial charge in [-0.1, -0.05) is 0 Å². The highest BCUT2D eigenvalue weighted by Gasteiger charge is 2.53. The lowest BCUT2D eigenvalue weighted by molar-refractivity contribution is -0.143. The molecule has 5 nitrogen and oxygen atoms in total. The van der Waals surface area contributed by atoms with Crippen LogP contribution >= 0.6 is 24.2 Å². The number of hydrogen-bond donors (Lipinski definition) is 1. The molecule has 2 N–H and O–H groups in total. The van der Waals surface area contributed by atoms with Gasteiger partial charge in [0, 0.05) is 31.3 Å². The number of amides is 2. The Kier molecular flexibility index (Phi) is 4.05. The van der Waals surface area contributed by atoms with Crippen LogP contribution in [0, 0.1) is 0 Å². The van der Waals surface area contributed by atoms with Crippen LogP contribution in [0.1, 0.15) is 26.2 Å². The Labute approximate surface area is 123 Å². The van der Waals surface area contributed by atoms with Gasteiger partial charge in [-0.05, 0) is 19.8 Å². The van der Waals surface area contributed by atoms with E-state index in [9.17, 15) is 9.59 Å². The maximum absolute atomic E-state index is 12.5. The quantitative estimate of drug-likeness (QED) is 0.762. The van der Waals surface area contributed by atoms with E-state index in [0.29, 0.717) is 13.0 Å². The number of nitrogens with zero attached hydrogens (tertiary/aromatic N) is 2. The van der Waals surface area contributed by atoms with Crippen molar-refractivity contribution in [1.29, 1.82) is 0 Å². The minimum Gasteiger partial charge on any atom is -0.339 e. The minimum atomic E-state index is -0.264. The van der Waals surface area contributed by atoms with Gasteiger partial charge in [-0.3, -0.25) is 9.59 Å². The Morgan fingerprint density at radius 3 is 2.89 bits per heavy atom. The van der Waals surface area contributed by atoms with Crippen LogP contribution in [0.25, 0.3) is 0 Å². The molecule has 0 aromatic rings. The molecule has 3 atom stereocenters. The summed E-state index contributed by atoms with van der Waals surface area (Å²) >= 11 is 1.74. The van der Waals surface area contributed by atoms with Crippen LogP contribution in [0.3, 0.4) is 0 Å². The van der Waals surface area contributed by atoms with E-state index in [1.807, 2.05) is 9.80 Å². The number of carbonyl (C=O) groups is 2. The molecule has 3 saturated heterocycles. The molecular formula is C12H20ClN3O2S. The second-order valence-corrected chi connectivity index (χ2v) is 7.10. The molecule has 0 aliphatic carbocycles. The summed E-state index contributed by atoms with van der Waals surface area (Å²) in [6.07, 6.45) is 2.31. The third-order valence-corrected chi connectivity index (χ3v) is 5.77. The van der Waals surface area contributed by atoms with Crippen molar-refractivity contribution in [2.75, 3.05) is 18.8 Å².